The van der Waals surface area contributed by atoms with Gasteiger partial charge in [0.1, 0.15) is 6.04 Å². The maximum Gasteiger partial charge on any atom is 0.326 e. The Labute approximate surface area is 136 Å². The van der Waals surface area contributed by atoms with Crippen LogP contribution in [0.2, 0.25) is 0 Å². The van der Waals surface area contributed by atoms with Gasteiger partial charge in [-0.15, -0.1) is 0 Å². The average Bonchev–Trinajstić information content (AvgIpc) is 2.44. The van der Waals surface area contributed by atoms with Crippen molar-refractivity contribution in [1.29, 1.82) is 0 Å². The highest BCUT2D eigenvalue weighted by atomic mass is 32.2. The minimum atomic E-state index is -3.81. The monoisotopic (exact) mass is 342 g/mol. The smallest absolute Gasteiger partial charge is 0.326 e. The van der Waals surface area contributed by atoms with Crippen LogP contribution in [-0.4, -0.2) is 38.0 Å². The third kappa shape index (κ3) is 6.37. The summed E-state index contributed by atoms with van der Waals surface area (Å²) in [5, 5.41) is 11.4. The van der Waals surface area contributed by atoms with Gasteiger partial charge < -0.3 is 10.4 Å². The summed E-state index contributed by atoms with van der Waals surface area (Å²) in [5.74, 6) is -1.75. The predicted molar refractivity (Wildman–Crippen MR) is 85.4 cm³/mol. The maximum absolute atomic E-state index is 12.0. The van der Waals surface area contributed by atoms with Crippen molar-refractivity contribution in [3.8, 4) is 0 Å². The van der Waals surface area contributed by atoms with Crippen molar-refractivity contribution < 1.29 is 23.1 Å². The van der Waals surface area contributed by atoms with Crippen molar-refractivity contribution in [2.45, 2.75) is 38.1 Å². The van der Waals surface area contributed by atoms with E-state index in [9.17, 15) is 18.0 Å². The number of nitrogens with one attached hydrogen (secondary N) is 2. The van der Waals surface area contributed by atoms with E-state index in [-0.39, 0.29) is 17.2 Å². The fourth-order valence-electron chi connectivity index (χ4n) is 1.90. The lowest BCUT2D eigenvalue weighted by Gasteiger charge is -2.16. The second-order valence-electron chi connectivity index (χ2n) is 5.73. The Hall–Kier alpha value is -1.93. The molecule has 0 aliphatic heterocycles. The van der Waals surface area contributed by atoms with Crippen LogP contribution in [0.1, 0.15) is 25.8 Å². The highest BCUT2D eigenvalue weighted by molar-refractivity contribution is 7.89. The first kappa shape index (κ1) is 19.1. The molecule has 0 spiro atoms. The Morgan fingerprint density at radius 3 is 2.22 bits per heavy atom. The van der Waals surface area contributed by atoms with Gasteiger partial charge in [0, 0.05) is 0 Å². The SMILES string of the molecule is Cc1ccc(S(=O)(=O)NCC(=O)N[C@@H](CC(C)C)C(=O)O)cc1. The molecule has 1 aromatic rings. The summed E-state index contributed by atoms with van der Waals surface area (Å²) in [5.41, 5.74) is 0.916. The molecule has 0 aliphatic rings. The first-order chi connectivity index (χ1) is 10.6. The van der Waals surface area contributed by atoms with E-state index in [1.165, 1.54) is 12.1 Å². The van der Waals surface area contributed by atoms with Crippen molar-refractivity contribution >= 4 is 21.9 Å². The highest BCUT2D eigenvalue weighted by Crippen LogP contribution is 2.09. The van der Waals surface area contributed by atoms with Crippen LogP contribution in [-0.2, 0) is 19.6 Å². The molecule has 0 saturated heterocycles. The second kappa shape index (κ2) is 8.07. The van der Waals surface area contributed by atoms with Gasteiger partial charge in [0.05, 0.1) is 11.4 Å². The van der Waals surface area contributed by atoms with Crippen LogP contribution in [0.4, 0.5) is 0 Å². The van der Waals surface area contributed by atoms with Gasteiger partial charge >= 0.3 is 5.97 Å². The number of hydrogen-bond acceptors (Lipinski definition) is 4. The molecular weight excluding hydrogens is 320 g/mol. The van der Waals surface area contributed by atoms with Crippen LogP contribution in [0.5, 0.6) is 0 Å². The molecule has 0 aromatic heterocycles. The quantitative estimate of drug-likeness (QED) is 0.649. The second-order valence-corrected chi connectivity index (χ2v) is 7.49. The van der Waals surface area contributed by atoms with E-state index in [0.717, 1.165) is 5.56 Å². The molecule has 3 N–H and O–H groups in total. The van der Waals surface area contributed by atoms with Crippen molar-refractivity contribution in [1.82, 2.24) is 10.0 Å². The van der Waals surface area contributed by atoms with Crippen LogP contribution in [0.15, 0.2) is 29.2 Å². The van der Waals surface area contributed by atoms with E-state index >= 15 is 0 Å². The zero-order valence-electron chi connectivity index (χ0n) is 13.4. The molecule has 0 saturated carbocycles. The summed E-state index contributed by atoms with van der Waals surface area (Å²) in [6, 6.07) is 5.14. The molecule has 1 rings (SSSR count). The number of sulfonamides is 1. The van der Waals surface area contributed by atoms with Crippen molar-refractivity contribution in [2.75, 3.05) is 6.54 Å². The molecule has 0 radical (unpaired) electrons. The van der Waals surface area contributed by atoms with E-state index in [4.69, 9.17) is 5.11 Å². The maximum atomic E-state index is 12.0. The van der Waals surface area contributed by atoms with Gasteiger partial charge in [0.2, 0.25) is 15.9 Å². The number of rotatable bonds is 8. The molecule has 128 valence electrons. The summed E-state index contributed by atoms with van der Waals surface area (Å²) in [6.07, 6.45) is 0.270. The number of carbonyl (C=O) groups is 2. The molecule has 0 bridgehead atoms. The third-order valence-electron chi connectivity index (χ3n) is 3.09. The van der Waals surface area contributed by atoms with Gasteiger partial charge in [-0.2, -0.15) is 0 Å². The average molecular weight is 342 g/mol. The molecule has 0 unspecified atom stereocenters. The van der Waals surface area contributed by atoms with Crippen LogP contribution in [0.25, 0.3) is 0 Å². The Bertz CT molecular complexity index is 653. The van der Waals surface area contributed by atoms with E-state index in [1.807, 2.05) is 20.8 Å². The molecule has 1 aromatic carbocycles. The molecule has 0 heterocycles. The topological polar surface area (TPSA) is 113 Å². The summed E-state index contributed by atoms with van der Waals surface area (Å²) in [4.78, 5) is 22.9. The van der Waals surface area contributed by atoms with Gasteiger partial charge in [-0.25, -0.2) is 17.9 Å². The molecule has 1 atom stereocenters. The lowest BCUT2D eigenvalue weighted by Crippen LogP contribution is -2.46. The number of carboxylic acids is 1. The van der Waals surface area contributed by atoms with Crippen molar-refractivity contribution in [3.63, 3.8) is 0 Å². The van der Waals surface area contributed by atoms with Crippen LogP contribution >= 0.6 is 0 Å². The number of amides is 1. The Morgan fingerprint density at radius 2 is 1.74 bits per heavy atom. The lowest BCUT2D eigenvalue weighted by molar-refractivity contribution is -0.142. The fraction of sp³-hybridized carbons (Fsp3) is 0.467. The van der Waals surface area contributed by atoms with E-state index in [0.29, 0.717) is 0 Å². The molecule has 0 aliphatic carbocycles. The Morgan fingerprint density at radius 1 is 1.17 bits per heavy atom. The minimum absolute atomic E-state index is 0.0489. The fourth-order valence-corrected chi connectivity index (χ4v) is 2.88. The number of carbonyl (C=O) groups excluding carboxylic acids is 1. The van der Waals surface area contributed by atoms with E-state index < -0.39 is 34.5 Å². The first-order valence-corrected chi connectivity index (χ1v) is 8.68. The Kier molecular flexibility index (Phi) is 6.71. The molecule has 1 amide bonds. The zero-order valence-corrected chi connectivity index (χ0v) is 14.2. The third-order valence-corrected chi connectivity index (χ3v) is 4.51. The van der Waals surface area contributed by atoms with Gasteiger partial charge in [0.15, 0.2) is 0 Å². The van der Waals surface area contributed by atoms with Crippen LogP contribution in [0.3, 0.4) is 0 Å². The minimum Gasteiger partial charge on any atom is -0.480 e. The van der Waals surface area contributed by atoms with Gasteiger partial charge in [-0.1, -0.05) is 31.5 Å². The molecule has 0 fully saturated rings. The largest absolute Gasteiger partial charge is 0.480 e. The number of benzene rings is 1. The summed E-state index contributed by atoms with van der Waals surface area (Å²) >= 11 is 0. The number of carboxylic acid groups (broad SMARTS) is 1. The van der Waals surface area contributed by atoms with Crippen LogP contribution < -0.4 is 10.0 Å². The van der Waals surface area contributed by atoms with Gasteiger partial charge in [-0.3, -0.25) is 4.79 Å². The standard InChI is InChI=1S/C15H22N2O5S/c1-10(2)8-13(15(19)20)17-14(18)9-16-23(21,22)12-6-4-11(3)5-7-12/h4-7,10,13,16H,8-9H2,1-3H3,(H,17,18)(H,19,20)/t13-/m0/s1. The normalized spacial score (nSPS) is 12.9. The summed E-state index contributed by atoms with van der Waals surface area (Å²) < 4.78 is 26.2. The van der Waals surface area contributed by atoms with Crippen LogP contribution in [0, 0.1) is 12.8 Å². The van der Waals surface area contributed by atoms with Crippen molar-refractivity contribution in [3.05, 3.63) is 29.8 Å². The molecule has 8 heteroatoms. The molecule has 23 heavy (non-hydrogen) atoms. The number of hydrogen-bond donors (Lipinski definition) is 3. The Balaban J connectivity index is 2.64. The lowest BCUT2D eigenvalue weighted by atomic mass is 10.0. The van der Waals surface area contributed by atoms with Crippen molar-refractivity contribution in [2.24, 2.45) is 5.92 Å². The summed E-state index contributed by atoms with van der Waals surface area (Å²) in [7, 11) is -3.81. The van der Waals surface area contributed by atoms with Gasteiger partial charge in [0.25, 0.3) is 0 Å². The van der Waals surface area contributed by atoms with E-state index in [1.54, 1.807) is 12.1 Å². The number of aliphatic carboxylic acids is 1. The molecule has 7 nitrogen and oxygen atoms in total. The van der Waals surface area contributed by atoms with Gasteiger partial charge in [-0.05, 0) is 31.4 Å². The number of aryl methyl sites for hydroxylation is 1. The van der Waals surface area contributed by atoms with E-state index in [2.05, 4.69) is 10.0 Å². The zero-order chi connectivity index (χ0) is 17.6. The first-order valence-electron chi connectivity index (χ1n) is 7.20. The highest BCUT2D eigenvalue weighted by Gasteiger charge is 2.22. The molecular formula is C15H22N2O5S. The summed E-state index contributed by atoms with van der Waals surface area (Å²) in [6.45, 7) is 4.99. The predicted octanol–water partition coefficient (Wildman–Crippen LogP) is 0.889.